The summed E-state index contributed by atoms with van der Waals surface area (Å²) in [6.45, 7) is 1.66. The number of hydrogen-bond donors (Lipinski definition) is 2. The van der Waals surface area contributed by atoms with Gasteiger partial charge in [-0.2, -0.15) is 13.2 Å². The molecule has 2 aromatic rings. The Hall–Kier alpha value is -1.53. The molecule has 0 fully saturated rings. The predicted octanol–water partition coefficient (Wildman–Crippen LogP) is 3.50. The van der Waals surface area contributed by atoms with Gasteiger partial charge >= 0.3 is 6.18 Å². The number of pyridine rings is 1. The first-order valence-electron chi connectivity index (χ1n) is 4.98. The van der Waals surface area contributed by atoms with Gasteiger partial charge < -0.3 is 5.43 Å². The van der Waals surface area contributed by atoms with Crippen LogP contribution in [0.1, 0.15) is 11.3 Å². The Balaban J connectivity index is 2.88. The topological polar surface area (TPSA) is 50.9 Å². The highest BCUT2D eigenvalue weighted by molar-refractivity contribution is 6.36. The predicted molar refractivity (Wildman–Crippen MR) is 64.3 cm³/mol. The Labute approximate surface area is 106 Å². The first-order chi connectivity index (χ1) is 8.34. The first kappa shape index (κ1) is 12.9. The minimum atomic E-state index is -4.53. The van der Waals surface area contributed by atoms with Crippen molar-refractivity contribution >= 4 is 28.2 Å². The normalized spacial score (nSPS) is 11.9. The molecule has 0 bridgehead atoms. The molecule has 0 aliphatic rings. The van der Waals surface area contributed by atoms with Gasteiger partial charge in [-0.25, -0.2) is 4.98 Å². The van der Waals surface area contributed by atoms with Gasteiger partial charge in [0.05, 0.1) is 16.2 Å². The quantitative estimate of drug-likeness (QED) is 0.619. The summed E-state index contributed by atoms with van der Waals surface area (Å²) in [4.78, 5) is 3.61. The molecule has 0 atom stereocenters. The number of fused-ring (bicyclic) bond motifs is 1. The second-order valence-electron chi connectivity index (χ2n) is 3.79. The molecule has 0 spiro atoms. The monoisotopic (exact) mass is 275 g/mol. The molecule has 18 heavy (non-hydrogen) atoms. The van der Waals surface area contributed by atoms with Crippen LogP contribution in [-0.2, 0) is 6.18 Å². The van der Waals surface area contributed by atoms with Gasteiger partial charge in [-0.3, -0.25) is 5.84 Å². The highest BCUT2D eigenvalue weighted by atomic mass is 35.5. The number of hydrogen-bond acceptors (Lipinski definition) is 3. The van der Waals surface area contributed by atoms with Gasteiger partial charge in [-0.05, 0) is 24.6 Å². The lowest BCUT2D eigenvalue weighted by Gasteiger charge is -2.13. The first-order valence-corrected chi connectivity index (χ1v) is 5.36. The van der Waals surface area contributed by atoms with E-state index in [0.29, 0.717) is 16.0 Å². The summed E-state index contributed by atoms with van der Waals surface area (Å²) in [7, 11) is 0. The Morgan fingerprint density at radius 3 is 2.56 bits per heavy atom. The summed E-state index contributed by atoms with van der Waals surface area (Å²) >= 11 is 5.96. The van der Waals surface area contributed by atoms with Crippen LogP contribution in [0.3, 0.4) is 0 Å². The number of rotatable bonds is 1. The van der Waals surface area contributed by atoms with Crippen molar-refractivity contribution in [2.24, 2.45) is 5.84 Å². The number of nitrogens with one attached hydrogen (secondary N) is 1. The summed E-state index contributed by atoms with van der Waals surface area (Å²) in [5, 5.41) is 0.678. The van der Waals surface area contributed by atoms with Gasteiger partial charge in [0.15, 0.2) is 0 Å². The standard InChI is InChI=1S/C11H9ClF3N3/c1-5-2-3-6(12)9-7(18-16)4-8(11(13,14)15)17-10(5)9/h2-4H,16H2,1H3,(H,17,18). The molecule has 0 amide bonds. The highest BCUT2D eigenvalue weighted by Crippen LogP contribution is 2.36. The number of benzene rings is 1. The zero-order valence-corrected chi connectivity index (χ0v) is 10.0. The summed E-state index contributed by atoms with van der Waals surface area (Å²) in [6, 6.07) is 4.04. The van der Waals surface area contributed by atoms with Gasteiger partial charge in [-0.15, -0.1) is 0 Å². The number of nitrogens with two attached hydrogens (primary N) is 1. The maximum atomic E-state index is 12.7. The third kappa shape index (κ3) is 2.09. The largest absolute Gasteiger partial charge is 0.433 e. The molecule has 0 aliphatic heterocycles. The molecule has 0 unspecified atom stereocenters. The van der Waals surface area contributed by atoms with E-state index < -0.39 is 11.9 Å². The van der Waals surface area contributed by atoms with Gasteiger partial charge in [0.1, 0.15) is 5.69 Å². The molecule has 96 valence electrons. The molecule has 7 heteroatoms. The second-order valence-corrected chi connectivity index (χ2v) is 4.19. The summed E-state index contributed by atoms with van der Waals surface area (Å²) in [6.07, 6.45) is -4.53. The van der Waals surface area contributed by atoms with E-state index in [9.17, 15) is 13.2 Å². The summed E-state index contributed by atoms with van der Waals surface area (Å²) in [5.41, 5.74) is 2.10. The molecule has 0 saturated heterocycles. The van der Waals surface area contributed by atoms with Gasteiger partial charge in [0.2, 0.25) is 0 Å². The van der Waals surface area contributed by atoms with E-state index in [-0.39, 0.29) is 11.2 Å². The van der Waals surface area contributed by atoms with E-state index in [1.165, 1.54) is 0 Å². The average molecular weight is 276 g/mol. The van der Waals surface area contributed by atoms with Gasteiger partial charge in [-0.1, -0.05) is 17.7 Å². The molecular weight excluding hydrogens is 267 g/mol. The van der Waals surface area contributed by atoms with Crippen LogP contribution < -0.4 is 11.3 Å². The van der Waals surface area contributed by atoms with Crippen LogP contribution in [0.5, 0.6) is 0 Å². The number of halogens is 4. The van der Waals surface area contributed by atoms with Crippen molar-refractivity contribution < 1.29 is 13.2 Å². The van der Waals surface area contributed by atoms with E-state index in [2.05, 4.69) is 10.4 Å². The van der Waals surface area contributed by atoms with Crippen LogP contribution in [0.4, 0.5) is 18.9 Å². The van der Waals surface area contributed by atoms with Gasteiger partial charge in [0.25, 0.3) is 0 Å². The molecule has 1 aromatic heterocycles. The Kier molecular flexibility index (Phi) is 3.08. The minimum absolute atomic E-state index is 0.0982. The smallest absolute Gasteiger partial charge is 0.323 e. The highest BCUT2D eigenvalue weighted by Gasteiger charge is 2.33. The van der Waals surface area contributed by atoms with Crippen LogP contribution in [0.25, 0.3) is 10.9 Å². The Bertz CT molecular complexity index is 610. The van der Waals surface area contributed by atoms with Crippen LogP contribution >= 0.6 is 11.6 Å². The molecule has 0 aliphatic carbocycles. The summed E-state index contributed by atoms with van der Waals surface area (Å²) in [5.74, 6) is 5.24. The number of nitrogen functional groups attached to an aromatic ring is 1. The van der Waals surface area contributed by atoms with Crippen molar-refractivity contribution in [3.63, 3.8) is 0 Å². The van der Waals surface area contributed by atoms with Crippen LogP contribution in [0.15, 0.2) is 18.2 Å². The minimum Gasteiger partial charge on any atom is -0.323 e. The number of aryl methyl sites for hydroxylation is 1. The fraction of sp³-hybridized carbons (Fsp3) is 0.182. The third-order valence-electron chi connectivity index (χ3n) is 2.56. The zero-order chi connectivity index (χ0) is 13.5. The fourth-order valence-corrected chi connectivity index (χ4v) is 1.95. The van der Waals surface area contributed by atoms with E-state index >= 15 is 0 Å². The summed E-state index contributed by atoms with van der Waals surface area (Å²) < 4.78 is 38.1. The number of alkyl halides is 3. The van der Waals surface area contributed by atoms with Crippen LogP contribution in [0, 0.1) is 6.92 Å². The third-order valence-corrected chi connectivity index (χ3v) is 2.87. The van der Waals surface area contributed by atoms with E-state index in [4.69, 9.17) is 17.4 Å². The molecule has 0 radical (unpaired) electrons. The van der Waals surface area contributed by atoms with Crippen molar-refractivity contribution in [3.8, 4) is 0 Å². The fourth-order valence-electron chi connectivity index (χ4n) is 1.69. The molecule has 1 heterocycles. The van der Waals surface area contributed by atoms with Gasteiger partial charge in [0, 0.05) is 5.39 Å². The molecule has 0 saturated carbocycles. The Morgan fingerprint density at radius 1 is 1.33 bits per heavy atom. The molecule has 1 aromatic carbocycles. The van der Waals surface area contributed by atoms with E-state index in [0.717, 1.165) is 6.07 Å². The van der Waals surface area contributed by atoms with Crippen molar-refractivity contribution in [2.45, 2.75) is 13.1 Å². The van der Waals surface area contributed by atoms with Crippen molar-refractivity contribution in [3.05, 3.63) is 34.5 Å². The SMILES string of the molecule is Cc1ccc(Cl)c2c(NN)cc(C(F)(F)F)nc12. The molecule has 3 N–H and O–H groups in total. The van der Waals surface area contributed by atoms with Crippen molar-refractivity contribution in [2.75, 3.05) is 5.43 Å². The van der Waals surface area contributed by atoms with E-state index in [1.54, 1.807) is 19.1 Å². The number of aromatic nitrogens is 1. The van der Waals surface area contributed by atoms with Crippen molar-refractivity contribution in [1.82, 2.24) is 4.98 Å². The van der Waals surface area contributed by atoms with E-state index in [1.807, 2.05) is 0 Å². The van der Waals surface area contributed by atoms with Crippen LogP contribution in [-0.4, -0.2) is 4.98 Å². The second kappa shape index (κ2) is 4.29. The Morgan fingerprint density at radius 2 is 2.00 bits per heavy atom. The number of hydrazine groups is 1. The molecular formula is C11H9ClF3N3. The van der Waals surface area contributed by atoms with Crippen LogP contribution in [0.2, 0.25) is 5.02 Å². The lowest BCUT2D eigenvalue weighted by Crippen LogP contribution is -2.13. The average Bonchev–Trinajstić information content (AvgIpc) is 2.31. The maximum absolute atomic E-state index is 12.7. The number of nitrogens with zero attached hydrogens (tertiary/aromatic N) is 1. The zero-order valence-electron chi connectivity index (χ0n) is 9.27. The molecule has 2 rings (SSSR count). The van der Waals surface area contributed by atoms with Crippen molar-refractivity contribution in [1.29, 1.82) is 0 Å². The number of anilines is 1. The molecule has 3 nitrogen and oxygen atoms in total. The maximum Gasteiger partial charge on any atom is 0.433 e. The lowest BCUT2D eigenvalue weighted by atomic mass is 10.1. The lowest BCUT2D eigenvalue weighted by molar-refractivity contribution is -0.140.